The second-order valence-corrected chi connectivity index (χ2v) is 8.22. The number of para-hydroxylation sites is 2. The van der Waals surface area contributed by atoms with Gasteiger partial charge in [0.1, 0.15) is 5.69 Å². The molecule has 2 heterocycles. The lowest BCUT2D eigenvalue weighted by atomic mass is 10.0. The number of nitrogens with zero attached hydrogens (tertiary/aromatic N) is 3. The maximum absolute atomic E-state index is 13.9. The van der Waals surface area contributed by atoms with Crippen LogP contribution in [0.3, 0.4) is 0 Å². The smallest absolute Gasteiger partial charge is 0.268 e. The number of benzene rings is 2. The lowest BCUT2D eigenvalue weighted by molar-refractivity contribution is -0.133. The summed E-state index contributed by atoms with van der Waals surface area (Å²) >= 11 is 1.58. The summed E-state index contributed by atoms with van der Waals surface area (Å²) in [4.78, 5) is 32.0. The zero-order valence-corrected chi connectivity index (χ0v) is 17.3. The number of aliphatic imine (C=N–C) groups is 1. The third-order valence-corrected chi connectivity index (χ3v) is 6.12. The molecule has 1 saturated heterocycles. The van der Waals surface area contributed by atoms with Gasteiger partial charge in [0.15, 0.2) is 11.6 Å². The van der Waals surface area contributed by atoms with Crippen molar-refractivity contribution in [2.24, 2.45) is 10.9 Å². The molecule has 6 nitrogen and oxygen atoms in total. The summed E-state index contributed by atoms with van der Waals surface area (Å²) in [7, 11) is 0. The van der Waals surface area contributed by atoms with Gasteiger partial charge in [0, 0.05) is 17.9 Å². The van der Waals surface area contributed by atoms with Crippen molar-refractivity contribution in [1.82, 2.24) is 10.1 Å². The van der Waals surface area contributed by atoms with Crippen molar-refractivity contribution in [2.45, 2.75) is 26.2 Å². The molecule has 1 N–H and O–H groups in total. The van der Waals surface area contributed by atoms with E-state index in [-0.39, 0.29) is 16.5 Å². The van der Waals surface area contributed by atoms with E-state index in [1.165, 1.54) is 0 Å². The van der Waals surface area contributed by atoms with Crippen molar-refractivity contribution >= 4 is 40.1 Å². The lowest BCUT2D eigenvalue weighted by Crippen LogP contribution is -2.70. The van der Waals surface area contributed by atoms with E-state index in [9.17, 15) is 9.59 Å². The molecule has 0 aromatic heterocycles. The maximum atomic E-state index is 13.9. The minimum absolute atomic E-state index is 0.159. The number of thioether (sulfide) groups is 1. The Labute approximate surface area is 175 Å². The molecule has 2 unspecified atom stereocenters. The number of hydrogen-bond donors (Lipinski definition) is 1. The predicted octanol–water partition coefficient (Wildman–Crippen LogP) is 3.90. The van der Waals surface area contributed by atoms with Crippen molar-refractivity contribution in [1.29, 1.82) is 0 Å². The zero-order valence-electron chi connectivity index (χ0n) is 16.5. The van der Waals surface area contributed by atoms with Crippen LogP contribution in [0.1, 0.15) is 26.2 Å². The molecule has 2 atom stereocenters. The van der Waals surface area contributed by atoms with Crippen LogP contribution in [0.15, 0.2) is 65.7 Å². The predicted molar refractivity (Wildman–Crippen MR) is 118 cm³/mol. The normalized spacial score (nSPS) is 24.1. The van der Waals surface area contributed by atoms with Crippen LogP contribution in [0.25, 0.3) is 0 Å². The van der Waals surface area contributed by atoms with E-state index < -0.39 is 5.92 Å². The van der Waals surface area contributed by atoms with E-state index in [1.54, 1.807) is 16.8 Å². The SMILES string of the molecule is CCCCC1C(=O)N(c2ccccc2)[N+](NC2=NCCS2)(c2ccccc2)C1=O. The number of carbonyl (C=O) groups is 2. The molecule has 0 saturated carbocycles. The van der Waals surface area contributed by atoms with Gasteiger partial charge in [-0.2, -0.15) is 5.43 Å². The molecule has 0 bridgehead atoms. The third kappa shape index (κ3) is 3.45. The molecule has 150 valence electrons. The lowest BCUT2D eigenvalue weighted by Gasteiger charge is -2.36. The highest BCUT2D eigenvalue weighted by Crippen LogP contribution is 2.39. The molecule has 2 amide bonds. The van der Waals surface area contributed by atoms with Crippen LogP contribution >= 0.6 is 11.8 Å². The number of anilines is 1. The van der Waals surface area contributed by atoms with E-state index in [0.717, 1.165) is 18.6 Å². The summed E-state index contributed by atoms with van der Waals surface area (Å²) in [6.07, 6.45) is 2.31. The maximum Gasteiger partial charge on any atom is 0.381 e. The van der Waals surface area contributed by atoms with Gasteiger partial charge in [0.2, 0.25) is 5.17 Å². The summed E-state index contributed by atoms with van der Waals surface area (Å²) < 4.78 is -0.385. The first-order valence-electron chi connectivity index (χ1n) is 10.0. The Morgan fingerprint density at radius 3 is 2.41 bits per heavy atom. The number of carbonyl (C=O) groups excluding carboxylic acids is 2. The van der Waals surface area contributed by atoms with Crippen LogP contribution in [0.2, 0.25) is 0 Å². The van der Waals surface area contributed by atoms with E-state index in [2.05, 4.69) is 17.3 Å². The average molecular weight is 410 g/mol. The van der Waals surface area contributed by atoms with Crippen molar-refractivity contribution in [2.75, 3.05) is 17.3 Å². The Balaban J connectivity index is 1.90. The van der Waals surface area contributed by atoms with Gasteiger partial charge in [-0.15, -0.1) is 5.01 Å². The second-order valence-electron chi connectivity index (χ2n) is 7.14. The van der Waals surface area contributed by atoms with Crippen molar-refractivity contribution in [3.05, 3.63) is 60.7 Å². The fourth-order valence-electron chi connectivity index (χ4n) is 3.85. The number of nitrogens with one attached hydrogen (secondary N) is 1. The number of rotatable bonds is 6. The van der Waals surface area contributed by atoms with Crippen LogP contribution in [-0.2, 0) is 9.59 Å². The summed E-state index contributed by atoms with van der Waals surface area (Å²) in [6.45, 7) is 2.77. The van der Waals surface area contributed by atoms with Gasteiger partial charge in [0.05, 0.1) is 6.54 Å². The van der Waals surface area contributed by atoms with E-state index in [4.69, 9.17) is 0 Å². The van der Waals surface area contributed by atoms with E-state index in [1.807, 2.05) is 60.7 Å². The van der Waals surface area contributed by atoms with Crippen molar-refractivity contribution in [3.63, 3.8) is 0 Å². The fourth-order valence-corrected chi connectivity index (χ4v) is 4.60. The molecule has 0 spiro atoms. The van der Waals surface area contributed by atoms with Crippen LogP contribution in [0.5, 0.6) is 0 Å². The third-order valence-electron chi connectivity index (χ3n) is 5.24. The summed E-state index contributed by atoms with van der Waals surface area (Å²) in [5.41, 5.74) is 4.73. The molecule has 29 heavy (non-hydrogen) atoms. The molecule has 2 aliphatic rings. The minimum atomic E-state index is -0.685. The minimum Gasteiger partial charge on any atom is -0.268 e. The van der Waals surface area contributed by atoms with Gasteiger partial charge in [-0.1, -0.05) is 67.9 Å². The second kappa shape index (κ2) is 8.39. The Bertz CT molecular complexity index is 919. The zero-order chi connectivity index (χ0) is 20.3. The molecule has 0 aliphatic carbocycles. The van der Waals surface area contributed by atoms with Crippen LogP contribution in [0.4, 0.5) is 11.4 Å². The topological polar surface area (TPSA) is 61.8 Å². The highest BCUT2D eigenvalue weighted by Gasteiger charge is 2.63. The van der Waals surface area contributed by atoms with Gasteiger partial charge in [-0.25, -0.2) is 4.79 Å². The monoisotopic (exact) mass is 409 g/mol. The first-order chi connectivity index (χ1) is 14.2. The van der Waals surface area contributed by atoms with Gasteiger partial charge in [0.25, 0.3) is 5.91 Å². The van der Waals surface area contributed by atoms with Gasteiger partial charge in [-0.3, -0.25) is 9.79 Å². The molecular formula is C22H25N4O2S+. The standard InChI is InChI=1S/C22H25N4O2S/c1-2-3-14-19-20(27)25(17-10-6-4-7-11-17)26(21(19)28,18-12-8-5-9-13-18)24-22-23-15-16-29-22/h4-13,19H,2-3,14-16H2,1H3,(H,23,24)/q+1. The fraction of sp³-hybridized carbons (Fsp3) is 0.318. The van der Waals surface area contributed by atoms with Crippen LogP contribution in [0, 0.1) is 5.92 Å². The molecule has 2 aliphatic heterocycles. The van der Waals surface area contributed by atoms with Crippen LogP contribution in [-0.4, -0.2) is 29.3 Å². The molecule has 4 rings (SSSR count). The quantitative estimate of drug-likeness (QED) is 0.581. The Morgan fingerprint density at radius 2 is 1.79 bits per heavy atom. The Hall–Kier alpha value is -2.64. The highest BCUT2D eigenvalue weighted by molar-refractivity contribution is 8.14. The number of amides is 2. The molecule has 2 aromatic carbocycles. The molecule has 2 aromatic rings. The Morgan fingerprint density at radius 1 is 1.10 bits per heavy atom. The van der Waals surface area contributed by atoms with Crippen molar-refractivity contribution in [3.8, 4) is 0 Å². The Kier molecular flexibility index (Phi) is 5.69. The summed E-state index contributed by atoms with van der Waals surface area (Å²) in [5, 5.41) is 2.28. The molecule has 7 heteroatoms. The highest BCUT2D eigenvalue weighted by atomic mass is 32.2. The molecule has 0 radical (unpaired) electrons. The number of unbranched alkanes of at least 4 members (excludes halogenated alkanes) is 1. The average Bonchev–Trinajstić information content (AvgIpc) is 3.34. The number of amidine groups is 1. The van der Waals surface area contributed by atoms with E-state index >= 15 is 0 Å². The first-order valence-corrected chi connectivity index (χ1v) is 11.0. The van der Waals surface area contributed by atoms with Gasteiger partial charge < -0.3 is 0 Å². The first kappa shape index (κ1) is 19.7. The van der Waals surface area contributed by atoms with Gasteiger partial charge >= 0.3 is 5.91 Å². The largest absolute Gasteiger partial charge is 0.381 e. The van der Waals surface area contributed by atoms with Gasteiger partial charge in [-0.05, 0) is 23.3 Å². The van der Waals surface area contributed by atoms with Crippen molar-refractivity contribution < 1.29 is 9.59 Å². The number of quaternary nitrogens is 1. The molecule has 1 fully saturated rings. The summed E-state index contributed by atoms with van der Waals surface area (Å²) in [5.74, 6) is -0.151. The number of hydrogen-bond acceptors (Lipinski definition) is 5. The molecular weight excluding hydrogens is 384 g/mol. The van der Waals surface area contributed by atoms with E-state index in [0.29, 0.717) is 29.5 Å². The van der Waals surface area contributed by atoms with Crippen LogP contribution < -0.4 is 15.1 Å². The summed E-state index contributed by atoms with van der Waals surface area (Å²) in [6, 6.07) is 18.9.